The first kappa shape index (κ1) is 15.8. The van der Waals surface area contributed by atoms with Crippen LogP contribution in [0.4, 0.5) is 16.2 Å². The molecule has 0 spiro atoms. The second-order valence-electron chi connectivity index (χ2n) is 4.89. The number of aromatic nitrogens is 2. The number of hydrogen-bond donors (Lipinski definition) is 2. The number of nitrogens with zero attached hydrogens (tertiary/aromatic N) is 2. The van der Waals surface area contributed by atoms with E-state index in [0.29, 0.717) is 17.1 Å². The molecule has 2 amide bonds. The van der Waals surface area contributed by atoms with Gasteiger partial charge in [0.2, 0.25) is 0 Å². The highest BCUT2D eigenvalue weighted by Crippen LogP contribution is 2.19. The number of carbonyl (C=O) groups is 1. The molecule has 1 aromatic carbocycles. The highest BCUT2D eigenvalue weighted by atomic mass is 16.5. The quantitative estimate of drug-likeness (QED) is 0.908. The zero-order valence-corrected chi connectivity index (χ0v) is 13.2. The molecule has 2 N–H and O–H groups in total. The molecule has 0 aliphatic rings. The maximum absolute atomic E-state index is 12.1. The Morgan fingerprint density at radius 1 is 1.09 bits per heavy atom. The van der Waals surface area contributed by atoms with Gasteiger partial charge in [-0.2, -0.15) is 9.97 Å². The molecular weight excluding hydrogens is 280 g/mol. The molecular formula is C16H20N4O2. The molecule has 2 aromatic rings. The average Bonchev–Trinajstić information content (AvgIpc) is 2.51. The fourth-order valence-corrected chi connectivity index (χ4v) is 2.06. The largest absolute Gasteiger partial charge is 0.467 e. The van der Waals surface area contributed by atoms with Crippen LogP contribution in [0.1, 0.15) is 23.9 Å². The summed E-state index contributed by atoms with van der Waals surface area (Å²) in [7, 11) is 1.51. The van der Waals surface area contributed by atoms with E-state index in [-0.39, 0.29) is 12.0 Å². The van der Waals surface area contributed by atoms with Crippen molar-refractivity contribution in [2.45, 2.75) is 27.2 Å². The van der Waals surface area contributed by atoms with Gasteiger partial charge in [0.15, 0.2) is 0 Å². The first-order chi connectivity index (χ1) is 10.5. The summed E-state index contributed by atoms with van der Waals surface area (Å²) in [6.07, 6.45) is 0.966. The number of ether oxygens (including phenoxy) is 1. The van der Waals surface area contributed by atoms with E-state index in [9.17, 15) is 4.79 Å². The molecule has 1 aromatic heterocycles. The third kappa shape index (κ3) is 3.72. The Morgan fingerprint density at radius 3 is 2.18 bits per heavy atom. The van der Waals surface area contributed by atoms with E-state index < -0.39 is 0 Å². The summed E-state index contributed by atoms with van der Waals surface area (Å²) in [6, 6.07) is 7.69. The smallest absolute Gasteiger partial charge is 0.323 e. The summed E-state index contributed by atoms with van der Waals surface area (Å²) in [5.41, 5.74) is 3.85. The molecule has 0 atom stereocenters. The number of methoxy groups -OCH3 is 1. The van der Waals surface area contributed by atoms with Crippen molar-refractivity contribution >= 4 is 17.4 Å². The number of carbonyl (C=O) groups excluding carboxylic acids is 1. The van der Waals surface area contributed by atoms with Gasteiger partial charge in [-0.1, -0.05) is 19.1 Å². The van der Waals surface area contributed by atoms with Gasteiger partial charge in [0.25, 0.3) is 0 Å². The fourth-order valence-electron chi connectivity index (χ4n) is 2.06. The Bertz CT molecular complexity index is 645. The molecule has 0 fully saturated rings. The normalized spacial score (nSPS) is 10.2. The Kier molecular flexibility index (Phi) is 4.93. The van der Waals surface area contributed by atoms with Crippen LogP contribution < -0.4 is 15.4 Å². The minimum atomic E-state index is -0.329. The van der Waals surface area contributed by atoms with Crippen molar-refractivity contribution in [3.63, 3.8) is 0 Å². The molecule has 0 radical (unpaired) electrons. The lowest BCUT2D eigenvalue weighted by molar-refractivity contribution is 0.262. The van der Waals surface area contributed by atoms with Crippen LogP contribution in [0, 0.1) is 13.8 Å². The second kappa shape index (κ2) is 6.89. The summed E-state index contributed by atoms with van der Waals surface area (Å²) in [5.74, 6) is 0. The van der Waals surface area contributed by atoms with Crippen molar-refractivity contribution in [3.8, 4) is 6.01 Å². The predicted molar refractivity (Wildman–Crippen MR) is 86.5 cm³/mol. The minimum absolute atomic E-state index is 0.288. The fraction of sp³-hybridized carbons (Fsp3) is 0.312. The number of amides is 2. The van der Waals surface area contributed by atoms with E-state index in [1.54, 1.807) is 13.8 Å². The first-order valence-corrected chi connectivity index (χ1v) is 7.09. The van der Waals surface area contributed by atoms with Gasteiger partial charge in [-0.15, -0.1) is 0 Å². The number of anilines is 2. The van der Waals surface area contributed by atoms with Crippen LogP contribution in [-0.2, 0) is 6.42 Å². The predicted octanol–water partition coefficient (Wildman–Crippen LogP) is 3.31. The van der Waals surface area contributed by atoms with Crippen LogP contribution in [0.15, 0.2) is 24.3 Å². The summed E-state index contributed by atoms with van der Waals surface area (Å²) in [5, 5.41) is 5.56. The van der Waals surface area contributed by atoms with Crippen LogP contribution in [0.3, 0.4) is 0 Å². The van der Waals surface area contributed by atoms with Gasteiger partial charge in [0.05, 0.1) is 24.2 Å². The molecule has 6 heteroatoms. The third-order valence-electron chi connectivity index (χ3n) is 3.29. The van der Waals surface area contributed by atoms with Crippen LogP contribution in [-0.4, -0.2) is 23.1 Å². The summed E-state index contributed by atoms with van der Waals surface area (Å²) in [6.45, 7) is 5.68. The Balaban J connectivity index is 2.08. The van der Waals surface area contributed by atoms with Gasteiger partial charge in [-0.3, -0.25) is 0 Å². The zero-order valence-electron chi connectivity index (χ0n) is 13.2. The van der Waals surface area contributed by atoms with E-state index >= 15 is 0 Å². The lowest BCUT2D eigenvalue weighted by atomic mass is 10.1. The number of benzene rings is 1. The van der Waals surface area contributed by atoms with E-state index in [4.69, 9.17) is 4.74 Å². The highest BCUT2D eigenvalue weighted by Gasteiger charge is 2.12. The molecule has 0 saturated heterocycles. The zero-order chi connectivity index (χ0) is 16.1. The monoisotopic (exact) mass is 300 g/mol. The number of rotatable bonds is 4. The van der Waals surface area contributed by atoms with E-state index in [0.717, 1.165) is 12.1 Å². The van der Waals surface area contributed by atoms with Crippen LogP contribution in [0.5, 0.6) is 6.01 Å². The van der Waals surface area contributed by atoms with Crippen molar-refractivity contribution in [1.29, 1.82) is 0 Å². The topological polar surface area (TPSA) is 76.1 Å². The first-order valence-electron chi connectivity index (χ1n) is 7.09. The molecule has 0 bridgehead atoms. The number of urea groups is 1. The van der Waals surface area contributed by atoms with Crippen LogP contribution >= 0.6 is 0 Å². The summed E-state index contributed by atoms with van der Waals surface area (Å²) < 4.78 is 5.00. The number of nitrogens with one attached hydrogen (secondary N) is 2. The molecule has 0 aliphatic carbocycles. The Hall–Kier alpha value is -2.63. The molecule has 0 saturated carbocycles. The van der Waals surface area contributed by atoms with Gasteiger partial charge in [-0.25, -0.2) is 4.79 Å². The average molecular weight is 300 g/mol. The molecule has 1 heterocycles. The SMILES string of the molecule is CCc1ccc(NC(=O)Nc2c(C)nc(OC)nc2C)cc1. The van der Waals surface area contributed by atoms with Crippen molar-refractivity contribution in [3.05, 3.63) is 41.2 Å². The molecule has 116 valence electrons. The van der Waals surface area contributed by atoms with E-state index in [2.05, 4.69) is 27.5 Å². The van der Waals surface area contributed by atoms with Gasteiger partial charge >= 0.3 is 12.0 Å². The molecule has 6 nitrogen and oxygen atoms in total. The van der Waals surface area contributed by atoms with Crippen LogP contribution in [0.25, 0.3) is 0 Å². The Labute approximate surface area is 129 Å². The van der Waals surface area contributed by atoms with Gasteiger partial charge in [0.1, 0.15) is 0 Å². The Morgan fingerprint density at radius 2 is 1.68 bits per heavy atom. The third-order valence-corrected chi connectivity index (χ3v) is 3.29. The standard InChI is InChI=1S/C16H20N4O2/c1-5-12-6-8-13(9-7-12)19-15(21)20-14-10(2)17-16(22-4)18-11(14)3/h6-9H,5H2,1-4H3,(H2,19,20,21). The van der Waals surface area contributed by atoms with Crippen molar-refractivity contribution in [2.75, 3.05) is 17.7 Å². The van der Waals surface area contributed by atoms with Gasteiger partial charge < -0.3 is 15.4 Å². The lowest BCUT2D eigenvalue weighted by Gasteiger charge is -2.12. The van der Waals surface area contributed by atoms with Crippen molar-refractivity contribution in [1.82, 2.24) is 9.97 Å². The highest BCUT2D eigenvalue weighted by molar-refractivity contribution is 6.00. The van der Waals surface area contributed by atoms with Gasteiger partial charge in [-0.05, 0) is 38.0 Å². The van der Waals surface area contributed by atoms with E-state index in [1.807, 2.05) is 24.3 Å². The minimum Gasteiger partial charge on any atom is -0.467 e. The van der Waals surface area contributed by atoms with E-state index in [1.165, 1.54) is 12.7 Å². The van der Waals surface area contributed by atoms with Crippen molar-refractivity contribution < 1.29 is 9.53 Å². The number of hydrogen-bond acceptors (Lipinski definition) is 4. The lowest BCUT2D eigenvalue weighted by Crippen LogP contribution is -2.21. The molecule has 0 unspecified atom stereocenters. The molecule has 0 aliphatic heterocycles. The summed E-state index contributed by atoms with van der Waals surface area (Å²) in [4.78, 5) is 20.4. The maximum Gasteiger partial charge on any atom is 0.323 e. The molecule has 2 rings (SSSR count). The maximum atomic E-state index is 12.1. The molecule has 22 heavy (non-hydrogen) atoms. The van der Waals surface area contributed by atoms with Crippen LogP contribution in [0.2, 0.25) is 0 Å². The second-order valence-corrected chi connectivity index (χ2v) is 4.89. The van der Waals surface area contributed by atoms with Gasteiger partial charge in [0, 0.05) is 5.69 Å². The number of aryl methyl sites for hydroxylation is 3. The van der Waals surface area contributed by atoms with Crippen molar-refractivity contribution in [2.24, 2.45) is 0 Å². The summed E-state index contributed by atoms with van der Waals surface area (Å²) >= 11 is 0.